The third-order valence-corrected chi connectivity index (χ3v) is 5.23. The van der Waals surface area contributed by atoms with Crippen molar-refractivity contribution in [1.29, 1.82) is 0 Å². The summed E-state index contributed by atoms with van der Waals surface area (Å²) in [5.41, 5.74) is 9.23. The molecule has 1 aliphatic rings. The fraction of sp³-hybridized carbons (Fsp3) is 0.522. The van der Waals surface area contributed by atoms with Crippen LogP contribution in [0.15, 0.2) is 29.5 Å². The van der Waals surface area contributed by atoms with E-state index >= 15 is 0 Å². The van der Waals surface area contributed by atoms with E-state index in [2.05, 4.69) is 17.1 Å². The fourth-order valence-electron chi connectivity index (χ4n) is 3.76. The molecule has 2 atom stereocenters. The molecule has 32 heavy (non-hydrogen) atoms. The number of hydrazone groups is 1. The molecule has 0 radical (unpaired) electrons. The number of hydrogen-bond donors (Lipinski definition) is 2. The first-order valence-electron chi connectivity index (χ1n) is 10.8. The topological polar surface area (TPSA) is 103 Å². The molecule has 2 rings (SSSR count). The molecule has 0 bridgehead atoms. The predicted molar refractivity (Wildman–Crippen MR) is 128 cm³/mol. The van der Waals surface area contributed by atoms with E-state index in [4.69, 9.17) is 10.5 Å². The van der Waals surface area contributed by atoms with Gasteiger partial charge in [0, 0.05) is 38.1 Å². The number of fused-ring (bicyclic) bond motifs is 1. The molecule has 9 heteroatoms. The molecule has 2 amide bonds. The molecule has 0 aromatic heterocycles. The molecular formula is C23H36N6O3. The highest BCUT2D eigenvalue weighted by molar-refractivity contribution is 5.94. The third-order valence-electron chi connectivity index (χ3n) is 5.23. The van der Waals surface area contributed by atoms with Gasteiger partial charge in [-0.15, -0.1) is 0 Å². The van der Waals surface area contributed by atoms with Gasteiger partial charge in [-0.3, -0.25) is 9.80 Å². The first-order chi connectivity index (χ1) is 15.0. The molecule has 0 saturated heterocycles. The zero-order chi connectivity index (χ0) is 24.0. The number of hydrogen-bond acceptors (Lipinski definition) is 7. The number of nitrogens with two attached hydrogens (primary N) is 1. The molecule has 3 N–H and O–H groups in total. The van der Waals surface area contributed by atoms with E-state index in [0.29, 0.717) is 18.7 Å². The average Bonchev–Trinajstić information content (AvgIpc) is 2.69. The zero-order valence-electron chi connectivity index (χ0n) is 20.0. The summed E-state index contributed by atoms with van der Waals surface area (Å²) in [6.45, 7) is 12.2. The number of carbonyl (C=O) groups excluding carboxylic acids is 2. The van der Waals surface area contributed by atoms with Crippen molar-refractivity contribution in [3.8, 4) is 0 Å². The number of carbonyl (C=O) groups is 2. The standard InChI is InChI=1S/C23H36N6O3/c1-15(2)32-23(31)26-21-12-16(3)29(17(4)30)22-9-8-18(13-19(21)22)20(24)14-28(25-5)11-10-27(6)7/h8-9,13-16,21H,5,10-12,24H2,1-4,6-7H3,(H,26,31)/b20-14-/t16-,21+/m0/s1. The number of anilines is 1. The third kappa shape index (κ3) is 6.46. The minimum absolute atomic E-state index is 0.0519. The first-order valence-corrected chi connectivity index (χ1v) is 10.8. The van der Waals surface area contributed by atoms with Crippen LogP contribution in [0, 0.1) is 0 Å². The highest BCUT2D eigenvalue weighted by atomic mass is 16.6. The summed E-state index contributed by atoms with van der Waals surface area (Å²) in [7, 11) is 3.97. The molecule has 1 aromatic carbocycles. The van der Waals surface area contributed by atoms with Crippen molar-refractivity contribution in [2.45, 2.75) is 52.3 Å². The number of rotatable bonds is 8. The van der Waals surface area contributed by atoms with Gasteiger partial charge in [0.15, 0.2) is 0 Å². The van der Waals surface area contributed by atoms with Crippen molar-refractivity contribution in [1.82, 2.24) is 15.2 Å². The van der Waals surface area contributed by atoms with Gasteiger partial charge < -0.3 is 25.6 Å². The quantitative estimate of drug-likeness (QED) is 0.472. The van der Waals surface area contributed by atoms with Gasteiger partial charge in [0.1, 0.15) is 0 Å². The van der Waals surface area contributed by atoms with E-state index < -0.39 is 6.09 Å². The Morgan fingerprint density at radius 1 is 1.38 bits per heavy atom. The highest BCUT2D eigenvalue weighted by Crippen LogP contribution is 2.38. The minimum atomic E-state index is -0.487. The Bertz CT molecular complexity index is 867. The van der Waals surface area contributed by atoms with Crippen molar-refractivity contribution >= 4 is 30.1 Å². The number of ether oxygens (including phenoxy) is 1. The van der Waals surface area contributed by atoms with Crippen LogP contribution in [0.1, 0.15) is 51.3 Å². The van der Waals surface area contributed by atoms with Crippen LogP contribution in [-0.2, 0) is 9.53 Å². The van der Waals surface area contributed by atoms with Crippen molar-refractivity contribution in [3.05, 3.63) is 35.5 Å². The van der Waals surface area contributed by atoms with Crippen LogP contribution in [0.2, 0.25) is 0 Å². The van der Waals surface area contributed by atoms with Crippen LogP contribution in [0.25, 0.3) is 5.70 Å². The summed E-state index contributed by atoms with van der Waals surface area (Å²) in [5.74, 6) is -0.0519. The number of nitrogens with zero attached hydrogens (tertiary/aromatic N) is 4. The maximum absolute atomic E-state index is 12.3. The summed E-state index contributed by atoms with van der Waals surface area (Å²) in [5, 5.41) is 8.65. The lowest BCUT2D eigenvalue weighted by molar-refractivity contribution is -0.117. The van der Waals surface area contributed by atoms with E-state index in [0.717, 1.165) is 23.4 Å². The Balaban J connectivity index is 2.40. The predicted octanol–water partition coefficient (Wildman–Crippen LogP) is 2.74. The van der Waals surface area contributed by atoms with Crippen LogP contribution in [0.3, 0.4) is 0 Å². The fourth-order valence-corrected chi connectivity index (χ4v) is 3.76. The van der Waals surface area contributed by atoms with Crippen LogP contribution in [0.4, 0.5) is 10.5 Å². The Morgan fingerprint density at radius 3 is 2.62 bits per heavy atom. The van der Waals surface area contributed by atoms with Gasteiger partial charge in [0.05, 0.1) is 24.4 Å². The number of likely N-dealkylation sites (N-methyl/N-ethyl adjacent to an activating group) is 1. The molecule has 0 unspecified atom stereocenters. The SMILES string of the molecule is C=NN(/C=C(\N)c1ccc2c(c1)[C@H](NC(=O)OC(C)C)C[C@H](C)N2C(C)=O)CCN(C)C. The summed E-state index contributed by atoms with van der Waals surface area (Å²) >= 11 is 0. The van der Waals surface area contributed by atoms with Crippen molar-refractivity contribution in [3.63, 3.8) is 0 Å². The monoisotopic (exact) mass is 444 g/mol. The first kappa shape index (κ1) is 25.2. The van der Waals surface area contributed by atoms with Gasteiger partial charge >= 0.3 is 6.09 Å². The summed E-state index contributed by atoms with van der Waals surface area (Å²) in [6.07, 6.45) is 1.59. The lowest BCUT2D eigenvalue weighted by Crippen LogP contribution is -2.45. The average molecular weight is 445 g/mol. The molecule has 176 valence electrons. The molecule has 0 spiro atoms. The Morgan fingerprint density at radius 2 is 2.06 bits per heavy atom. The van der Waals surface area contributed by atoms with Crippen LogP contribution < -0.4 is 16.0 Å². The normalized spacial score (nSPS) is 18.4. The maximum Gasteiger partial charge on any atom is 0.407 e. The van der Waals surface area contributed by atoms with Crippen LogP contribution >= 0.6 is 0 Å². The molecule has 9 nitrogen and oxygen atoms in total. The van der Waals surface area contributed by atoms with Gasteiger partial charge in [0.2, 0.25) is 5.91 Å². The minimum Gasteiger partial charge on any atom is -0.447 e. The molecular weight excluding hydrogens is 408 g/mol. The second kappa shape index (κ2) is 11.0. The second-order valence-electron chi connectivity index (χ2n) is 8.59. The molecule has 0 fully saturated rings. The number of nitrogens with one attached hydrogen (secondary N) is 1. The van der Waals surface area contributed by atoms with E-state index in [1.54, 1.807) is 36.9 Å². The molecule has 0 saturated carbocycles. The summed E-state index contributed by atoms with van der Waals surface area (Å²) in [4.78, 5) is 28.4. The summed E-state index contributed by atoms with van der Waals surface area (Å²) in [6, 6.07) is 5.27. The number of amides is 2. The lowest BCUT2D eigenvalue weighted by atomic mass is 9.90. The van der Waals surface area contributed by atoms with Gasteiger partial charge in [0.25, 0.3) is 0 Å². The maximum atomic E-state index is 12.3. The van der Waals surface area contributed by atoms with E-state index in [9.17, 15) is 9.59 Å². The zero-order valence-corrected chi connectivity index (χ0v) is 20.0. The Hall–Kier alpha value is -3.07. The smallest absolute Gasteiger partial charge is 0.407 e. The molecule has 1 heterocycles. The molecule has 1 aliphatic heterocycles. The highest BCUT2D eigenvalue weighted by Gasteiger charge is 2.33. The van der Waals surface area contributed by atoms with Crippen molar-refractivity contribution < 1.29 is 14.3 Å². The number of benzene rings is 1. The van der Waals surface area contributed by atoms with Gasteiger partial charge in [-0.05, 0) is 64.5 Å². The van der Waals surface area contributed by atoms with Gasteiger partial charge in [-0.25, -0.2) is 4.79 Å². The van der Waals surface area contributed by atoms with E-state index in [1.165, 1.54) is 0 Å². The van der Waals surface area contributed by atoms with Crippen LogP contribution in [0.5, 0.6) is 0 Å². The lowest BCUT2D eigenvalue weighted by Gasteiger charge is -2.39. The molecule has 0 aliphatic carbocycles. The Labute approximate surface area is 190 Å². The largest absolute Gasteiger partial charge is 0.447 e. The second-order valence-corrected chi connectivity index (χ2v) is 8.59. The number of alkyl carbamates (subject to hydrolysis) is 1. The molecule has 1 aromatic rings. The van der Waals surface area contributed by atoms with Gasteiger partial charge in [-0.2, -0.15) is 5.10 Å². The van der Waals surface area contributed by atoms with Crippen molar-refractivity contribution in [2.24, 2.45) is 10.8 Å². The van der Waals surface area contributed by atoms with Crippen LogP contribution in [-0.4, -0.2) is 68.0 Å². The van der Waals surface area contributed by atoms with E-state index in [-0.39, 0.29) is 24.1 Å². The van der Waals surface area contributed by atoms with E-state index in [1.807, 2.05) is 44.1 Å². The Kier molecular flexibility index (Phi) is 8.65. The summed E-state index contributed by atoms with van der Waals surface area (Å²) < 4.78 is 5.27. The van der Waals surface area contributed by atoms with Crippen molar-refractivity contribution in [2.75, 3.05) is 32.1 Å². The van der Waals surface area contributed by atoms with Gasteiger partial charge in [-0.1, -0.05) is 6.07 Å².